The summed E-state index contributed by atoms with van der Waals surface area (Å²) >= 11 is 0. The predicted octanol–water partition coefficient (Wildman–Crippen LogP) is 1.16. The minimum absolute atomic E-state index is 0.342. The molecule has 24 heavy (non-hydrogen) atoms. The van der Waals surface area contributed by atoms with E-state index in [9.17, 15) is 8.42 Å². The van der Waals surface area contributed by atoms with Crippen molar-refractivity contribution in [2.45, 2.75) is 31.2 Å². The maximum atomic E-state index is 12.5. The summed E-state index contributed by atoms with van der Waals surface area (Å²) in [7, 11) is -3.36. The third-order valence-electron chi connectivity index (χ3n) is 3.75. The summed E-state index contributed by atoms with van der Waals surface area (Å²) in [6, 6.07) is 6.91. The molecular weight excluding hydrogens is 324 g/mol. The van der Waals surface area contributed by atoms with Gasteiger partial charge in [-0.2, -0.15) is 4.31 Å². The Bertz CT molecular complexity index is 699. The molecule has 0 spiro atoms. The second-order valence-corrected chi connectivity index (χ2v) is 7.45. The molecule has 1 saturated heterocycles. The van der Waals surface area contributed by atoms with Crippen LogP contribution in [0.15, 0.2) is 34.2 Å². The molecule has 0 radical (unpaired) electrons. The molecule has 1 aliphatic rings. The SMILES string of the molecule is C#CCNC(=NCc1ccc(S(=O)(=O)N2CCCC2)cc1)NCC. The van der Waals surface area contributed by atoms with E-state index in [1.807, 2.05) is 6.92 Å². The lowest BCUT2D eigenvalue weighted by molar-refractivity contribution is 0.477. The highest BCUT2D eigenvalue weighted by molar-refractivity contribution is 7.89. The maximum absolute atomic E-state index is 12.5. The number of rotatable bonds is 6. The molecule has 0 amide bonds. The average Bonchev–Trinajstić information content (AvgIpc) is 3.13. The molecule has 1 aromatic rings. The van der Waals surface area contributed by atoms with Crippen molar-refractivity contribution in [2.24, 2.45) is 4.99 Å². The molecule has 1 aliphatic heterocycles. The predicted molar refractivity (Wildman–Crippen MR) is 96.1 cm³/mol. The summed E-state index contributed by atoms with van der Waals surface area (Å²) in [5, 5.41) is 6.11. The van der Waals surface area contributed by atoms with Crippen LogP contribution in [0.25, 0.3) is 0 Å². The van der Waals surface area contributed by atoms with Gasteiger partial charge in [0, 0.05) is 19.6 Å². The Morgan fingerprint density at radius 2 is 1.92 bits per heavy atom. The van der Waals surface area contributed by atoms with Gasteiger partial charge < -0.3 is 10.6 Å². The van der Waals surface area contributed by atoms with Crippen LogP contribution in [-0.4, -0.2) is 44.9 Å². The fourth-order valence-corrected chi connectivity index (χ4v) is 4.01. The first-order valence-corrected chi connectivity index (χ1v) is 9.56. The Kier molecular flexibility index (Phi) is 6.64. The van der Waals surface area contributed by atoms with Crippen LogP contribution in [0.2, 0.25) is 0 Å². The number of terminal acetylenes is 1. The zero-order valence-corrected chi connectivity index (χ0v) is 14.8. The molecule has 7 heteroatoms. The highest BCUT2D eigenvalue weighted by Gasteiger charge is 2.26. The number of aliphatic imine (C=N–C) groups is 1. The minimum atomic E-state index is -3.36. The Morgan fingerprint density at radius 3 is 2.50 bits per heavy atom. The van der Waals surface area contributed by atoms with Crippen molar-refractivity contribution in [2.75, 3.05) is 26.2 Å². The third kappa shape index (κ3) is 4.73. The number of hydrogen-bond acceptors (Lipinski definition) is 3. The van der Waals surface area contributed by atoms with E-state index in [4.69, 9.17) is 6.42 Å². The van der Waals surface area contributed by atoms with Crippen molar-refractivity contribution in [3.05, 3.63) is 29.8 Å². The van der Waals surface area contributed by atoms with Crippen molar-refractivity contribution in [1.82, 2.24) is 14.9 Å². The number of nitrogens with zero attached hydrogens (tertiary/aromatic N) is 2. The lowest BCUT2D eigenvalue weighted by Gasteiger charge is -2.15. The second-order valence-electron chi connectivity index (χ2n) is 5.51. The molecular formula is C17H24N4O2S. The summed E-state index contributed by atoms with van der Waals surface area (Å²) in [6.07, 6.45) is 7.10. The van der Waals surface area contributed by atoms with Crippen LogP contribution < -0.4 is 10.6 Å². The molecule has 0 unspecified atom stereocenters. The molecule has 6 nitrogen and oxygen atoms in total. The van der Waals surface area contributed by atoms with Gasteiger partial charge in [-0.25, -0.2) is 13.4 Å². The normalized spacial score (nSPS) is 15.9. The quantitative estimate of drug-likeness (QED) is 0.460. The van der Waals surface area contributed by atoms with Gasteiger partial charge in [-0.3, -0.25) is 0 Å². The van der Waals surface area contributed by atoms with Gasteiger partial charge >= 0.3 is 0 Å². The maximum Gasteiger partial charge on any atom is 0.243 e. The van der Waals surface area contributed by atoms with E-state index in [1.165, 1.54) is 0 Å². The van der Waals surface area contributed by atoms with Crippen LogP contribution in [0, 0.1) is 12.3 Å². The molecule has 2 rings (SSSR count). The minimum Gasteiger partial charge on any atom is -0.357 e. The van der Waals surface area contributed by atoms with E-state index in [0.29, 0.717) is 37.0 Å². The first-order chi connectivity index (χ1) is 11.6. The zero-order valence-electron chi connectivity index (χ0n) is 14.0. The van der Waals surface area contributed by atoms with Crippen molar-refractivity contribution in [3.63, 3.8) is 0 Å². The molecule has 0 bridgehead atoms. The van der Waals surface area contributed by atoms with E-state index in [-0.39, 0.29) is 0 Å². The van der Waals surface area contributed by atoms with Gasteiger partial charge in [0.1, 0.15) is 0 Å². The van der Waals surface area contributed by atoms with Gasteiger partial charge in [-0.1, -0.05) is 18.1 Å². The van der Waals surface area contributed by atoms with Crippen molar-refractivity contribution in [3.8, 4) is 12.3 Å². The molecule has 130 valence electrons. The third-order valence-corrected chi connectivity index (χ3v) is 5.66. The number of sulfonamides is 1. The van der Waals surface area contributed by atoms with Gasteiger partial charge in [0.05, 0.1) is 18.0 Å². The number of benzene rings is 1. The van der Waals surface area contributed by atoms with Crippen LogP contribution in [0.1, 0.15) is 25.3 Å². The van der Waals surface area contributed by atoms with E-state index in [1.54, 1.807) is 28.6 Å². The van der Waals surface area contributed by atoms with Crippen LogP contribution in [0.5, 0.6) is 0 Å². The molecule has 1 aromatic carbocycles. The number of nitrogens with one attached hydrogen (secondary N) is 2. The standard InChI is InChI=1S/C17H24N4O2S/c1-3-11-19-17(18-4-2)20-14-15-7-9-16(10-8-15)24(22,23)21-12-5-6-13-21/h1,7-10H,4-6,11-14H2,2H3,(H2,18,19,20). The van der Waals surface area contributed by atoms with Crippen LogP contribution >= 0.6 is 0 Å². The van der Waals surface area contributed by atoms with E-state index in [2.05, 4.69) is 21.5 Å². The Morgan fingerprint density at radius 1 is 1.25 bits per heavy atom. The summed E-state index contributed by atoms with van der Waals surface area (Å²) in [4.78, 5) is 4.77. The topological polar surface area (TPSA) is 73.8 Å². The first kappa shape index (κ1) is 18.3. The molecule has 1 heterocycles. The van der Waals surface area contributed by atoms with Gasteiger partial charge in [0.2, 0.25) is 10.0 Å². The smallest absolute Gasteiger partial charge is 0.243 e. The van der Waals surface area contributed by atoms with Gasteiger partial charge in [-0.15, -0.1) is 6.42 Å². The molecule has 0 aromatic heterocycles. The summed E-state index contributed by atoms with van der Waals surface area (Å²) < 4.78 is 26.5. The number of hydrogen-bond donors (Lipinski definition) is 2. The monoisotopic (exact) mass is 348 g/mol. The highest BCUT2D eigenvalue weighted by Crippen LogP contribution is 2.21. The lowest BCUT2D eigenvalue weighted by Crippen LogP contribution is -2.37. The summed E-state index contributed by atoms with van der Waals surface area (Å²) in [5.74, 6) is 3.15. The first-order valence-electron chi connectivity index (χ1n) is 8.12. The molecule has 0 saturated carbocycles. The van der Waals surface area contributed by atoms with Gasteiger partial charge in [0.25, 0.3) is 0 Å². The van der Waals surface area contributed by atoms with Crippen LogP contribution in [-0.2, 0) is 16.6 Å². The highest BCUT2D eigenvalue weighted by atomic mass is 32.2. The Hall–Kier alpha value is -2.04. The Labute approximate surface area is 144 Å². The van der Waals surface area contributed by atoms with Gasteiger partial charge in [0.15, 0.2) is 5.96 Å². The summed E-state index contributed by atoms with van der Waals surface area (Å²) in [5.41, 5.74) is 0.938. The van der Waals surface area contributed by atoms with Crippen molar-refractivity contribution >= 4 is 16.0 Å². The molecule has 0 atom stereocenters. The second kappa shape index (κ2) is 8.71. The zero-order chi connectivity index (χ0) is 17.4. The molecule has 1 fully saturated rings. The van der Waals surface area contributed by atoms with E-state index in [0.717, 1.165) is 24.9 Å². The molecule has 2 N–H and O–H groups in total. The summed E-state index contributed by atoms with van der Waals surface area (Å²) in [6.45, 7) is 4.79. The fourth-order valence-electron chi connectivity index (χ4n) is 2.49. The fraction of sp³-hybridized carbons (Fsp3) is 0.471. The van der Waals surface area contributed by atoms with E-state index < -0.39 is 10.0 Å². The number of guanidine groups is 1. The van der Waals surface area contributed by atoms with Gasteiger partial charge in [-0.05, 0) is 37.5 Å². The Balaban J connectivity index is 2.04. The van der Waals surface area contributed by atoms with Crippen LogP contribution in [0.4, 0.5) is 0 Å². The molecule has 0 aliphatic carbocycles. The largest absolute Gasteiger partial charge is 0.357 e. The van der Waals surface area contributed by atoms with Crippen molar-refractivity contribution < 1.29 is 8.42 Å². The van der Waals surface area contributed by atoms with Crippen molar-refractivity contribution in [1.29, 1.82) is 0 Å². The lowest BCUT2D eigenvalue weighted by atomic mass is 10.2. The average molecular weight is 348 g/mol. The van der Waals surface area contributed by atoms with E-state index >= 15 is 0 Å². The van der Waals surface area contributed by atoms with Crippen LogP contribution in [0.3, 0.4) is 0 Å².